The van der Waals surface area contributed by atoms with E-state index < -0.39 is 0 Å². The molecular weight excluding hydrogens is 310 g/mol. The highest BCUT2D eigenvalue weighted by atomic mass is 32.2. The molecule has 0 aliphatic carbocycles. The molecule has 0 fully saturated rings. The van der Waals surface area contributed by atoms with Gasteiger partial charge in [0, 0.05) is 10.6 Å². The van der Waals surface area contributed by atoms with E-state index in [1.54, 1.807) is 14.2 Å². The Morgan fingerprint density at radius 2 is 1.70 bits per heavy atom. The molecule has 23 heavy (non-hydrogen) atoms. The number of benzene rings is 2. The molecule has 0 saturated heterocycles. The van der Waals surface area contributed by atoms with Crippen molar-refractivity contribution >= 4 is 23.4 Å². The average Bonchev–Trinajstić information content (AvgIpc) is 2.56. The molecule has 2 aromatic carbocycles. The summed E-state index contributed by atoms with van der Waals surface area (Å²) in [7, 11) is 3.20. The van der Waals surface area contributed by atoms with Gasteiger partial charge in [-0.05, 0) is 44.2 Å². The molecule has 0 aliphatic heterocycles. The molecule has 0 saturated carbocycles. The van der Waals surface area contributed by atoms with Gasteiger partial charge < -0.3 is 14.8 Å². The second kappa shape index (κ2) is 7.92. The van der Waals surface area contributed by atoms with Crippen molar-refractivity contribution in [2.75, 3.05) is 19.5 Å². The van der Waals surface area contributed by atoms with Crippen LogP contribution in [0.15, 0.2) is 47.4 Å². The lowest BCUT2D eigenvalue weighted by Gasteiger charge is -2.14. The van der Waals surface area contributed by atoms with Gasteiger partial charge in [-0.1, -0.05) is 17.7 Å². The van der Waals surface area contributed by atoms with Gasteiger partial charge in [0.15, 0.2) is 11.5 Å². The van der Waals surface area contributed by atoms with Crippen LogP contribution in [0.25, 0.3) is 0 Å². The molecule has 0 radical (unpaired) electrons. The average molecular weight is 331 g/mol. The Morgan fingerprint density at radius 1 is 1.04 bits per heavy atom. The minimum absolute atomic E-state index is 0.0337. The monoisotopic (exact) mass is 331 g/mol. The lowest BCUT2D eigenvalue weighted by Crippen LogP contribution is -2.22. The van der Waals surface area contributed by atoms with Gasteiger partial charge in [-0.25, -0.2) is 0 Å². The Labute approximate surface area is 141 Å². The smallest absolute Gasteiger partial charge is 0.237 e. The SMILES string of the molecule is COc1ccc(SC(C)C(=O)Nc2ccc(C)cc2)cc1OC. The number of aryl methyl sites for hydroxylation is 1. The zero-order chi connectivity index (χ0) is 16.8. The van der Waals surface area contributed by atoms with E-state index in [0.29, 0.717) is 11.5 Å². The van der Waals surface area contributed by atoms with Gasteiger partial charge in [-0.3, -0.25) is 4.79 Å². The summed E-state index contributed by atoms with van der Waals surface area (Å²) in [5.74, 6) is 1.30. The number of carbonyl (C=O) groups excluding carboxylic acids is 1. The van der Waals surface area contributed by atoms with Crippen LogP contribution in [0.3, 0.4) is 0 Å². The molecule has 0 bridgehead atoms. The quantitative estimate of drug-likeness (QED) is 0.809. The number of anilines is 1. The largest absolute Gasteiger partial charge is 0.493 e. The van der Waals surface area contributed by atoms with Crippen LogP contribution < -0.4 is 14.8 Å². The van der Waals surface area contributed by atoms with Gasteiger partial charge in [0.2, 0.25) is 5.91 Å². The first kappa shape index (κ1) is 17.2. The zero-order valence-electron chi connectivity index (χ0n) is 13.8. The van der Waals surface area contributed by atoms with Crippen LogP contribution >= 0.6 is 11.8 Å². The Balaban J connectivity index is 2.01. The van der Waals surface area contributed by atoms with Crippen molar-refractivity contribution in [1.29, 1.82) is 0 Å². The predicted molar refractivity (Wildman–Crippen MR) is 94.7 cm³/mol. The fraction of sp³-hybridized carbons (Fsp3) is 0.278. The maximum Gasteiger partial charge on any atom is 0.237 e. The Morgan fingerprint density at radius 3 is 2.30 bits per heavy atom. The topological polar surface area (TPSA) is 47.6 Å². The maximum atomic E-state index is 12.3. The molecule has 2 rings (SSSR count). The van der Waals surface area contributed by atoms with Crippen LogP contribution in [0, 0.1) is 6.92 Å². The normalized spacial score (nSPS) is 11.7. The van der Waals surface area contributed by atoms with Gasteiger partial charge in [0.1, 0.15) is 0 Å². The first-order valence-corrected chi connectivity index (χ1v) is 8.17. The van der Waals surface area contributed by atoms with Crippen LogP contribution in [0.5, 0.6) is 11.5 Å². The fourth-order valence-electron chi connectivity index (χ4n) is 2.03. The standard InChI is InChI=1S/C18H21NO3S/c1-12-5-7-14(8-6-12)19-18(20)13(2)23-15-9-10-16(21-3)17(11-15)22-4/h5-11,13H,1-4H3,(H,19,20). The minimum atomic E-state index is -0.227. The summed E-state index contributed by atoms with van der Waals surface area (Å²) >= 11 is 1.48. The Kier molecular flexibility index (Phi) is 5.93. The highest BCUT2D eigenvalue weighted by Crippen LogP contribution is 2.33. The van der Waals surface area contributed by atoms with Gasteiger partial charge in [0.25, 0.3) is 0 Å². The number of methoxy groups -OCH3 is 2. The number of amides is 1. The van der Waals surface area contributed by atoms with E-state index in [1.165, 1.54) is 11.8 Å². The molecule has 1 unspecified atom stereocenters. The second-order valence-electron chi connectivity index (χ2n) is 5.13. The van der Waals surface area contributed by atoms with Crippen molar-refractivity contribution in [1.82, 2.24) is 0 Å². The number of hydrogen-bond donors (Lipinski definition) is 1. The van der Waals surface area contributed by atoms with Crippen LogP contribution in [0.4, 0.5) is 5.69 Å². The summed E-state index contributed by atoms with van der Waals surface area (Å²) in [6.45, 7) is 3.89. The minimum Gasteiger partial charge on any atom is -0.493 e. The lowest BCUT2D eigenvalue weighted by molar-refractivity contribution is -0.115. The molecule has 1 amide bonds. The van der Waals surface area contributed by atoms with E-state index in [2.05, 4.69) is 5.32 Å². The zero-order valence-corrected chi connectivity index (χ0v) is 14.6. The third-order valence-electron chi connectivity index (χ3n) is 3.36. The van der Waals surface area contributed by atoms with Crippen LogP contribution in [-0.2, 0) is 4.79 Å². The van der Waals surface area contributed by atoms with Crippen LogP contribution in [0.2, 0.25) is 0 Å². The molecule has 0 spiro atoms. The summed E-state index contributed by atoms with van der Waals surface area (Å²) in [5, 5.41) is 2.70. The Bertz CT molecular complexity index is 670. The van der Waals surface area contributed by atoms with Gasteiger partial charge >= 0.3 is 0 Å². The van der Waals surface area contributed by atoms with Gasteiger partial charge in [-0.2, -0.15) is 0 Å². The summed E-state index contributed by atoms with van der Waals surface area (Å²) < 4.78 is 10.5. The van der Waals surface area contributed by atoms with Crippen molar-refractivity contribution in [2.45, 2.75) is 24.0 Å². The molecule has 2 aromatic rings. The molecule has 5 heteroatoms. The first-order valence-electron chi connectivity index (χ1n) is 7.29. The molecule has 4 nitrogen and oxygen atoms in total. The van der Waals surface area contributed by atoms with Crippen molar-refractivity contribution in [3.8, 4) is 11.5 Å². The molecular formula is C18H21NO3S. The maximum absolute atomic E-state index is 12.3. The van der Waals surface area contributed by atoms with Crippen molar-refractivity contribution in [3.63, 3.8) is 0 Å². The van der Waals surface area contributed by atoms with Crippen molar-refractivity contribution in [2.24, 2.45) is 0 Å². The third kappa shape index (κ3) is 4.66. The summed E-state index contributed by atoms with van der Waals surface area (Å²) in [5.41, 5.74) is 1.97. The summed E-state index contributed by atoms with van der Waals surface area (Å²) in [6.07, 6.45) is 0. The molecule has 0 aromatic heterocycles. The molecule has 0 heterocycles. The Hall–Kier alpha value is -2.14. The van der Waals surface area contributed by atoms with Gasteiger partial charge in [0.05, 0.1) is 19.5 Å². The molecule has 1 N–H and O–H groups in total. The third-order valence-corrected chi connectivity index (χ3v) is 4.45. The van der Waals surface area contributed by atoms with E-state index in [0.717, 1.165) is 16.1 Å². The van der Waals surface area contributed by atoms with E-state index in [1.807, 2.05) is 56.3 Å². The summed E-state index contributed by atoms with van der Waals surface area (Å²) in [6, 6.07) is 13.4. The number of hydrogen-bond acceptors (Lipinski definition) is 4. The number of thioether (sulfide) groups is 1. The molecule has 1 atom stereocenters. The van der Waals surface area contributed by atoms with Crippen molar-refractivity contribution < 1.29 is 14.3 Å². The molecule has 0 aliphatic rings. The van der Waals surface area contributed by atoms with Crippen molar-refractivity contribution in [3.05, 3.63) is 48.0 Å². The van der Waals surface area contributed by atoms with E-state index in [4.69, 9.17) is 9.47 Å². The van der Waals surface area contributed by atoms with Crippen LogP contribution in [-0.4, -0.2) is 25.4 Å². The second-order valence-corrected chi connectivity index (χ2v) is 6.55. The van der Waals surface area contributed by atoms with E-state index in [-0.39, 0.29) is 11.2 Å². The number of nitrogens with one attached hydrogen (secondary N) is 1. The fourth-order valence-corrected chi connectivity index (χ4v) is 2.92. The molecule has 122 valence electrons. The van der Waals surface area contributed by atoms with E-state index >= 15 is 0 Å². The number of rotatable bonds is 6. The van der Waals surface area contributed by atoms with Crippen LogP contribution in [0.1, 0.15) is 12.5 Å². The number of carbonyl (C=O) groups is 1. The lowest BCUT2D eigenvalue weighted by atomic mass is 10.2. The summed E-state index contributed by atoms with van der Waals surface area (Å²) in [4.78, 5) is 13.2. The van der Waals surface area contributed by atoms with Gasteiger partial charge in [-0.15, -0.1) is 11.8 Å². The highest BCUT2D eigenvalue weighted by molar-refractivity contribution is 8.00. The number of ether oxygens (including phenoxy) is 2. The first-order chi connectivity index (χ1) is 11.0. The highest BCUT2D eigenvalue weighted by Gasteiger charge is 2.16. The van der Waals surface area contributed by atoms with E-state index in [9.17, 15) is 4.79 Å². The predicted octanol–water partition coefficient (Wildman–Crippen LogP) is 4.13.